The van der Waals surface area contributed by atoms with Gasteiger partial charge in [0.05, 0.1) is 0 Å². The molecule has 0 aromatic heterocycles. The van der Waals surface area contributed by atoms with Crippen molar-refractivity contribution in [2.24, 2.45) is 0 Å². The van der Waals surface area contributed by atoms with Crippen LogP contribution < -0.4 is 6.54 Å². The maximum atomic E-state index is 4.41. The predicted molar refractivity (Wildman–Crippen MR) is 76.6 cm³/mol. The van der Waals surface area contributed by atoms with Crippen LogP contribution in [0.25, 0.3) is 0 Å². The monoisotopic (exact) mass is 424 g/mol. The van der Waals surface area contributed by atoms with E-state index in [-0.39, 0.29) is 0 Å². The van der Waals surface area contributed by atoms with Crippen molar-refractivity contribution in [2.75, 3.05) is 5.75 Å². The molecule has 0 nitrogen and oxygen atoms in total. The van der Waals surface area contributed by atoms with Crippen molar-refractivity contribution in [2.45, 2.75) is 4.13 Å². The van der Waals surface area contributed by atoms with E-state index < -0.39 is 21.8 Å². The summed E-state index contributed by atoms with van der Waals surface area (Å²) >= 11 is 2.69. The molecule has 2 rings (SSSR count). The van der Waals surface area contributed by atoms with E-state index >= 15 is 0 Å². The van der Waals surface area contributed by atoms with Crippen molar-refractivity contribution in [3.8, 4) is 0 Å². The Morgan fingerprint density at radius 2 is 1.19 bits per heavy atom. The molecule has 0 aliphatic heterocycles. The van der Waals surface area contributed by atoms with Crippen molar-refractivity contribution >= 4 is 40.9 Å². The van der Waals surface area contributed by atoms with Crippen LogP contribution in [0.2, 0.25) is 4.13 Å². The van der Waals surface area contributed by atoms with Crippen LogP contribution >= 0.6 is 12.6 Å². The van der Waals surface area contributed by atoms with Gasteiger partial charge in [-0.25, -0.2) is 0 Å². The Hall–Kier alpha value is -0.327. The summed E-state index contributed by atoms with van der Waals surface area (Å²) < 4.78 is 4.45. The quantitative estimate of drug-likeness (QED) is 0.565. The summed E-state index contributed by atoms with van der Waals surface area (Å²) in [6, 6.07) is 21.9. The Morgan fingerprint density at radius 3 is 1.56 bits per heavy atom. The van der Waals surface area contributed by atoms with Gasteiger partial charge in [0.2, 0.25) is 0 Å². The molecule has 2 aromatic rings. The molecule has 0 saturated carbocycles. The van der Waals surface area contributed by atoms with Gasteiger partial charge in [-0.2, -0.15) is 0 Å². The van der Waals surface area contributed by atoms with Crippen LogP contribution in [0.15, 0.2) is 60.7 Å². The second-order valence-electron chi connectivity index (χ2n) is 3.55. The van der Waals surface area contributed by atoms with Crippen molar-refractivity contribution < 1.29 is 0 Å². The van der Waals surface area contributed by atoms with Gasteiger partial charge >= 0.3 is 111 Å². The SMILES string of the molecule is SC[CH2][Bi]([c]1ccccc1)[c]1ccccc1. The average Bonchev–Trinajstić information content (AvgIpc) is 2.38. The van der Waals surface area contributed by atoms with Crippen LogP contribution in [-0.2, 0) is 0 Å². The van der Waals surface area contributed by atoms with E-state index in [9.17, 15) is 0 Å². The summed E-state index contributed by atoms with van der Waals surface area (Å²) in [4.78, 5) is 0. The Balaban J connectivity index is 2.31. The van der Waals surface area contributed by atoms with Crippen LogP contribution in [0, 0.1) is 0 Å². The molecule has 0 heterocycles. The van der Waals surface area contributed by atoms with Gasteiger partial charge < -0.3 is 0 Å². The van der Waals surface area contributed by atoms with Gasteiger partial charge in [-0.1, -0.05) is 0 Å². The zero-order chi connectivity index (χ0) is 11.2. The van der Waals surface area contributed by atoms with Gasteiger partial charge in [0.1, 0.15) is 0 Å². The zero-order valence-corrected chi connectivity index (χ0v) is 13.5. The topological polar surface area (TPSA) is 0 Å². The molecule has 82 valence electrons. The van der Waals surface area contributed by atoms with Crippen molar-refractivity contribution in [1.29, 1.82) is 0 Å². The van der Waals surface area contributed by atoms with Crippen LogP contribution in [0.1, 0.15) is 0 Å². The summed E-state index contributed by atoms with van der Waals surface area (Å²) in [6.45, 7) is 0. The van der Waals surface area contributed by atoms with Gasteiger partial charge in [-0.15, -0.1) is 0 Å². The molecule has 2 aromatic carbocycles. The molecule has 0 fully saturated rings. The third-order valence-corrected chi connectivity index (χ3v) is 13.9. The first-order valence-electron chi connectivity index (χ1n) is 5.40. The summed E-state index contributed by atoms with van der Waals surface area (Å²) in [6.07, 6.45) is 0. The molecule has 0 N–H and O–H groups in total. The molecular weight excluding hydrogens is 409 g/mol. The van der Waals surface area contributed by atoms with E-state index in [2.05, 4.69) is 73.3 Å². The normalized spacial score (nSPS) is 10.6. The van der Waals surface area contributed by atoms with Gasteiger partial charge in [-0.05, 0) is 0 Å². The standard InChI is InChI=1S/2C6H5.C2H5S.Bi/c2*1-2-4-6-5-3-1;1-2-3;/h2*1-5H;3H,1-2H2;. The van der Waals surface area contributed by atoms with Gasteiger partial charge in [-0.3, -0.25) is 0 Å². The molecule has 0 spiro atoms. The summed E-state index contributed by atoms with van der Waals surface area (Å²) in [5.41, 5.74) is 0. The van der Waals surface area contributed by atoms with Crippen molar-refractivity contribution in [3.05, 3.63) is 60.7 Å². The maximum absolute atomic E-state index is 4.41. The zero-order valence-electron chi connectivity index (χ0n) is 9.08. The first-order chi connectivity index (χ1) is 7.92. The molecule has 0 aliphatic rings. The minimum atomic E-state index is -1.73. The first-order valence-corrected chi connectivity index (χ1v) is 12.0. The molecule has 2 heteroatoms. The third-order valence-electron chi connectivity index (χ3n) is 2.46. The second-order valence-corrected chi connectivity index (χ2v) is 13.1. The van der Waals surface area contributed by atoms with Crippen molar-refractivity contribution in [3.63, 3.8) is 0 Å². The number of thiol groups is 1. The average molecular weight is 424 g/mol. The molecule has 16 heavy (non-hydrogen) atoms. The summed E-state index contributed by atoms with van der Waals surface area (Å²) in [7, 11) is 0. The van der Waals surface area contributed by atoms with Crippen LogP contribution in [0.5, 0.6) is 0 Å². The van der Waals surface area contributed by atoms with Gasteiger partial charge in [0.25, 0.3) is 0 Å². The van der Waals surface area contributed by atoms with E-state index in [1.807, 2.05) is 0 Å². The number of benzene rings is 2. The minimum absolute atomic E-state index is 1.00. The molecular formula is C14H15BiS. The Labute approximate surface area is 111 Å². The number of hydrogen-bond acceptors (Lipinski definition) is 1. The Morgan fingerprint density at radius 1 is 0.750 bits per heavy atom. The number of hydrogen-bond donors (Lipinski definition) is 1. The predicted octanol–water partition coefficient (Wildman–Crippen LogP) is 2.23. The molecule has 0 radical (unpaired) electrons. The van der Waals surface area contributed by atoms with E-state index in [0.29, 0.717) is 0 Å². The Kier molecular flexibility index (Phi) is 4.87. The van der Waals surface area contributed by atoms with Crippen LogP contribution in [0.4, 0.5) is 0 Å². The molecule has 0 atom stereocenters. The molecule has 0 amide bonds. The van der Waals surface area contributed by atoms with Crippen LogP contribution in [0.3, 0.4) is 0 Å². The van der Waals surface area contributed by atoms with Gasteiger partial charge in [0, 0.05) is 0 Å². The molecule has 0 bridgehead atoms. The van der Waals surface area contributed by atoms with Crippen LogP contribution in [-0.4, -0.2) is 27.5 Å². The van der Waals surface area contributed by atoms with E-state index in [1.54, 1.807) is 6.54 Å². The molecule has 0 saturated heterocycles. The third kappa shape index (κ3) is 3.09. The van der Waals surface area contributed by atoms with Gasteiger partial charge in [0.15, 0.2) is 0 Å². The van der Waals surface area contributed by atoms with E-state index in [0.717, 1.165) is 5.75 Å². The number of rotatable bonds is 4. The molecule has 0 unspecified atom stereocenters. The van der Waals surface area contributed by atoms with E-state index in [4.69, 9.17) is 0 Å². The Bertz CT molecular complexity index is 374. The fraction of sp³-hybridized carbons (Fsp3) is 0.143. The summed E-state index contributed by atoms with van der Waals surface area (Å²) in [5.74, 6) is 1.00. The second kappa shape index (κ2) is 6.42. The fourth-order valence-corrected chi connectivity index (χ4v) is 11.6. The first kappa shape index (κ1) is 12.1. The van der Waals surface area contributed by atoms with Crippen molar-refractivity contribution in [1.82, 2.24) is 0 Å². The molecule has 0 aliphatic carbocycles. The van der Waals surface area contributed by atoms with E-state index in [1.165, 1.54) is 4.13 Å². The fourth-order valence-electron chi connectivity index (χ4n) is 1.72. The summed E-state index contributed by atoms with van der Waals surface area (Å²) in [5, 5.41) is 0.